The fraction of sp³-hybridized carbons (Fsp3) is 0.316. The van der Waals surface area contributed by atoms with Crippen molar-refractivity contribution in [2.75, 3.05) is 13.2 Å². The molecule has 1 unspecified atom stereocenters. The van der Waals surface area contributed by atoms with Crippen molar-refractivity contribution in [1.82, 2.24) is 5.32 Å². The van der Waals surface area contributed by atoms with Gasteiger partial charge in [-0.3, -0.25) is 4.79 Å². The summed E-state index contributed by atoms with van der Waals surface area (Å²) in [7, 11) is 0. The molecule has 0 saturated heterocycles. The fourth-order valence-electron chi connectivity index (χ4n) is 2.24. The molecule has 0 bridgehead atoms. The molecule has 0 saturated carbocycles. The van der Waals surface area contributed by atoms with E-state index in [0.29, 0.717) is 17.2 Å². The van der Waals surface area contributed by atoms with Crippen LogP contribution in [0, 0.1) is 13.8 Å². The van der Waals surface area contributed by atoms with E-state index in [4.69, 9.17) is 16.3 Å². The summed E-state index contributed by atoms with van der Waals surface area (Å²) in [6, 6.07) is 12.7. The van der Waals surface area contributed by atoms with Gasteiger partial charge in [0.2, 0.25) is 5.91 Å². The van der Waals surface area contributed by atoms with Gasteiger partial charge >= 0.3 is 0 Å². The number of ether oxygens (including phenoxy) is 1. The molecule has 1 amide bonds. The van der Waals surface area contributed by atoms with E-state index in [1.807, 2.05) is 32.0 Å². The lowest BCUT2D eigenvalue weighted by molar-refractivity contribution is -0.122. The number of rotatable bonds is 7. The zero-order valence-electron chi connectivity index (χ0n) is 13.9. The number of benzene rings is 2. The third-order valence-electron chi connectivity index (χ3n) is 3.89. The molecule has 0 aromatic heterocycles. The van der Waals surface area contributed by atoms with Crippen LogP contribution in [0.15, 0.2) is 42.5 Å². The van der Waals surface area contributed by atoms with Gasteiger partial charge in [0.1, 0.15) is 5.75 Å². The van der Waals surface area contributed by atoms with Gasteiger partial charge in [-0.05, 0) is 48.7 Å². The van der Waals surface area contributed by atoms with Crippen molar-refractivity contribution in [3.63, 3.8) is 0 Å². The third-order valence-corrected chi connectivity index (χ3v) is 4.14. The molecule has 4 nitrogen and oxygen atoms in total. The number of hydrogen-bond donors (Lipinski definition) is 2. The zero-order chi connectivity index (χ0) is 17.5. The normalized spacial score (nSPS) is 11.8. The Morgan fingerprint density at radius 1 is 1.21 bits per heavy atom. The molecule has 1 atom stereocenters. The number of aliphatic hydroxyl groups excluding tert-OH is 1. The van der Waals surface area contributed by atoms with Crippen LogP contribution in [0.25, 0.3) is 0 Å². The molecule has 2 aromatic carbocycles. The maximum absolute atomic E-state index is 11.9. The summed E-state index contributed by atoms with van der Waals surface area (Å²) >= 11 is 5.81. The summed E-state index contributed by atoms with van der Waals surface area (Å²) in [5, 5.41) is 13.4. The molecular weight excluding hydrogens is 326 g/mol. The summed E-state index contributed by atoms with van der Waals surface area (Å²) in [4.78, 5) is 11.9. The minimum absolute atomic E-state index is 0.157. The smallest absolute Gasteiger partial charge is 0.223 e. The second-order valence-electron chi connectivity index (χ2n) is 5.67. The summed E-state index contributed by atoms with van der Waals surface area (Å²) in [5.74, 6) is 0.636. The molecule has 2 rings (SSSR count). The van der Waals surface area contributed by atoms with E-state index in [9.17, 15) is 9.90 Å². The Morgan fingerprint density at radius 3 is 2.62 bits per heavy atom. The van der Waals surface area contributed by atoms with Gasteiger partial charge in [-0.2, -0.15) is 0 Å². The molecule has 24 heavy (non-hydrogen) atoms. The van der Waals surface area contributed by atoms with E-state index in [-0.39, 0.29) is 18.9 Å². The first kappa shape index (κ1) is 18.3. The predicted octanol–water partition coefficient (Wildman–Crippen LogP) is 3.58. The van der Waals surface area contributed by atoms with E-state index in [1.54, 1.807) is 24.3 Å². The number of halogens is 1. The van der Waals surface area contributed by atoms with Crippen molar-refractivity contribution >= 4 is 17.5 Å². The van der Waals surface area contributed by atoms with Gasteiger partial charge in [0.15, 0.2) is 0 Å². The summed E-state index contributed by atoms with van der Waals surface area (Å²) in [5.41, 5.74) is 2.95. The Labute approximate surface area is 147 Å². The first-order valence-corrected chi connectivity index (χ1v) is 8.24. The summed E-state index contributed by atoms with van der Waals surface area (Å²) < 4.78 is 5.65. The molecule has 2 aromatic rings. The number of carbonyl (C=O) groups excluding carboxylic acids is 1. The van der Waals surface area contributed by atoms with Crippen molar-refractivity contribution in [3.05, 3.63) is 64.2 Å². The van der Waals surface area contributed by atoms with Crippen LogP contribution in [0.4, 0.5) is 0 Å². The zero-order valence-corrected chi connectivity index (χ0v) is 14.6. The summed E-state index contributed by atoms with van der Waals surface area (Å²) in [6.45, 7) is 4.47. The Balaban J connectivity index is 1.73. The van der Waals surface area contributed by atoms with Crippen LogP contribution in [0.5, 0.6) is 5.75 Å². The standard InChI is InChI=1S/C19H22ClNO3/c1-13-4-3-5-18(14(13)2)24-11-10-19(23)21-12-17(22)15-6-8-16(20)9-7-15/h3-9,17,22H,10-12H2,1-2H3,(H,21,23). The first-order chi connectivity index (χ1) is 11.5. The van der Waals surface area contributed by atoms with Crippen molar-refractivity contribution in [2.24, 2.45) is 0 Å². The lowest BCUT2D eigenvalue weighted by Gasteiger charge is -2.13. The lowest BCUT2D eigenvalue weighted by Crippen LogP contribution is -2.29. The van der Waals surface area contributed by atoms with Crippen molar-refractivity contribution in [3.8, 4) is 5.75 Å². The van der Waals surface area contributed by atoms with Gasteiger partial charge in [-0.15, -0.1) is 0 Å². The number of aryl methyl sites for hydroxylation is 1. The molecule has 128 valence electrons. The van der Waals surface area contributed by atoms with Crippen LogP contribution in [0.1, 0.15) is 29.2 Å². The maximum Gasteiger partial charge on any atom is 0.223 e. The maximum atomic E-state index is 11.9. The third kappa shape index (κ3) is 5.25. The topological polar surface area (TPSA) is 58.6 Å². The van der Waals surface area contributed by atoms with Crippen LogP contribution in [0.3, 0.4) is 0 Å². The molecule has 0 radical (unpaired) electrons. The number of hydrogen-bond acceptors (Lipinski definition) is 3. The molecule has 0 fully saturated rings. The molecule has 0 aliphatic heterocycles. The van der Waals surface area contributed by atoms with E-state index in [2.05, 4.69) is 5.32 Å². The average molecular weight is 348 g/mol. The molecule has 0 heterocycles. The van der Waals surface area contributed by atoms with Crippen LogP contribution in [0.2, 0.25) is 5.02 Å². The Hall–Kier alpha value is -2.04. The van der Waals surface area contributed by atoms with E-state index in [0.717, 1.165) is 16.9 Å². The highest BCUT2D eigenvalue weighted by Crippen LogP contribution is 2.20. The van der Waals surface area contributed by atoms with Crippen LogP contribution >= 0.6 is 11.6 Å². The predicted molar refractivity (Wildman–Crippen MR) is 95.4 cm³/mol. The van der Waals surface area contributed by atoms with Crippen LogP contribution in [-0.4, -0.2) is 24.2 Å². The monoisotopic (exact) mass is 347 g/mol. The molecule has 0 spiro atoms. The van der Waals surface area contributed by atoms with Crippen molar-refractivity contribution in [2.45, 2.75) is 26.4 Å². The van der Waals surface area contributed by atoms with Gasteiger partial charge in [0.25, 0.3) is 0 Å². The Morgan fingerprint density at radius 2 is 1.92 bits per heavy atom. The number of amides is 1. The SMILES string of the molecule is Cc1cccc(OCCC(=O)NCC(O)c2ccc(Cl)cc2)c1C. The highest BCUT2D eigenvalue weighted by molar-refractivity contribution is 6.30. The number of aliphatic hydroxyl groups is 1. The number of nitrogens with one attached hydrogen (secondary N) is 1. The molecule has 2 N–H and O–H groups in total. The minimum atomic E-state index is -0.758. The Bertz CT molecular complexity index is 686. The fourth-order valence-corrected chi connectivity index (χ4v) is 2.36. The quantitative estimate of drug-likeness (QED) is 0.805. The summed E-state index contributed by atoms with van der Waals surface area (Å²) in [6.07, 6.45) is -0.521. The average Bonchev–Trinajstić information content (AvgIpc) is 2.57. The first-order valence-electron chi connectivity index (χ1n) is 7.86. The number of carbonyl (C=O) groups is 1. The largest absolute Gasteiger partial charge is 0.493 e. The van der Waals surface area contributed by atoms with Gasteiger partial charge in [-0.1, -0.05) is 35.9 Å². The molecular formula is C19H22ClNO3. The molecule has 5 heteroatoms. The Kier molecular flexibility index (Phi) is 6.64. The van der Waals surface area contributed by atoms with Crippen molar-refractivity contribution < 1.29 is 14.6 Å². The van der Waals surface area contributed by atoms with E-state index >= 15 is 0 Å². The second kappa shape index (κ2) is 8.71. The van der Waals surface area contributed by atoms with Gasteiger partial charge < -0.3 is 15.2 Å². The van der Waals surface area contributed by atoms with Crippen LogP contribution in [-0.2, 0) is 4.79 Å². The highest BCUT2D eigenvalue weighted by atomic mass is 35.5. The highest BCUT2D eigenvalue weighted by Gasteiger charge is 2.10. The van der Waals surface area contributed by atoms with Crippen LogP contribution < -0.4 is 10.1 Å². The van der Waals surface area contributed by atoms with Gasteiger partial charge in [0, 0.05) is 11.6 Å². The molecule has 0 aliphatic rings. The lowest BCUT2D eigenvalue weighted by atomic mass is 10.1. The van der Waals surface area contributed by atoms with Crippen molar-refractivity contribution in [1.29, 1.82) is 0 Å². The van der Waals surface area contributed by atoms with Gasteiger partial charge in [0.05, 0.1) is 19.1 Å². The van der Waals surface area contributed by atoms with E-state index in [1.165, 1.54) is 0 Å². The second-order valence-corrected chi connectivity index (χ2v) is 6.10. The minimum Gasteiger partial charge on any atom is -0.493 e. The van der Waals surface area contributed by atoms with Gasteiger partial charge in [-0.25, -0.2) is 0 Å². The van der Waals surface area contributed by atoms with E-state index < -0.39 is 6.10 Å². The molecule has 0 aliphatic carbocycles.